The molecule has 0 atom stereocenters. The Morgan fingerprint density at radius 2 is 2.31 bits per heavy atom. The molecule has 0 saturated heterocycles. The Morgan fingerprint density at radius 3 is 3.19 bits per heavy atom. The van der Waals surface area contributed by atoms with Gasteiger partial charge >= 0.3 is 0 Å². The smallest absolute Gasteiger partial charge is 0.203 e. The Labute approximate surface area is 94.1 Å². The van der Waals surface area contributed by atoms with Gasteiger partial charge < -0.3 is 10.6 Å². The summed E-state index contributed by atoms with van der Waals surface area (Å²) in [4.78, 5) is 4.24. The van der Waals surface area contributed by atoms with E-state index in [1.165, 1.54) is 0 Å². The number of hydrogen-bond acceptors (Lipinski definition) is 5. The molecular weight excluding hydrogens is 204 g/mol. The number of aromatic nitrogens is 4. The summed E-state index contributed by atoms with van der Waals surface area (Å²) in [6.07, 6.45) is 6.30. The molecule has 2 N–H and O–H groups in total. The molecule has 0 fully saturated rings. The van der Waals surface area contributed by atoms with Gasteiger partial charge in [0.2, 0.25) is 5.65 Å². The molecule has 0 radical (unpaired) electrons. The molecule has 0 aliphatic heterocycles. The van der Waals surface area contributed by atoms with Crippen molar-refractivity contribution in [2.45, 2.75) is 13.3 Å². The molecule has 6 nitrogen and oxygen atoms in total. The lowest BCUT2D eigenvalue weighted by molar-refractivity contribution is 0.688. The summed E-state index contributed by atoms with van der Waals surface area (Å²) in [5.74, 6) is 0.788. The normalized spacial score (nSPS) is 10.8. The molecule has 2 heterocycles. The van der Waals surface area contributed by atoms with Gasteiger partial charge in [-0.1, -0.05) is 6.92 Å². The molecule has 6 heteroatoms. The predicted molar refractivity (Wildman–Crippen MR) is 62.4 cm³/mol. The number of rotatable bonds is 6. The fourth-order valence-corrected chi connectivity index (χ4v) is 1.48. The van der Waals surface area contributed by atoms with Crippen molar-refractivity contribution in [2.24, 2.45) is 0 Å². The van der Waals surface area contributed by atoms with Gasteiger partial charge in [-0.3, -0.25) is 4.40 Å². The summed E-state index contributed by atoms with van der Waals surface area (Å²) in [7, 11) is 0. The van der Waals surface area contributed by atoms with E-state index in [1.807, 2.05) is 10.6 Å². The molecule has 0 bridgehead atoms. The van der Waals surface area contributed by atoms with Gasteiger partial charge in [0.15, 0.2) is 5.82 Å². The van der Waals surface area contributed by atoms with E-state index in [4.69, 9.17) is 0 Å². The van der Waals surface area contributed by atoms with Crippen LogP contribution in [0, 0.1) is 0 Å². The van der Waals surface area contributed by atoms with Gasteiger partial charge in [0.05, 0.1) is 0 Å². The first-order chi connectivity index (χ1) is 7.92. The summed E-state index contributed by atoms with van der Waals surface area (Å²) in [5.41, 5.74) is 0.769. The van der Waals surface area contributed by atoms with E-state index in [-0.39, 0.29) is 0 Å². The van der Waals surface area contributed by atoms with Crippen LogP contribution in [0.4, 0.5) is 5.82 Å². The molecule has 0 amide bonds. The SMILES string of the molecule is CCNCCCNc1nccn2cnnc12. The van der Waals surface area contributed by atoms with Gasteiger partial charge in [-0.2, -0.15) is 0 Å². The molecule has 16 heavy (non-hydrogen) atoms. The Bertz CT molecular complexity index is 438. The molecule has 0 aliphatic carbocycles. The third-order valence-electron chi connectivity index (χ3n) is 2.29. The second kappa shape index (κ2) is 5.41. The zero-order valence-electron chi connectivity index (χ0n) is 9.35. The van der Waals surface area contributed by atoms with E-state index in [0.717, 1.165) is 37.5 Å². The average molecular weight is 220 g/mol. The van der Waals surface area contributed by atoms with E-state index in [0.29, 0.717) is 0 Å². The summed E-state index contributed by atoms with van der Waals surface area (Å²) in [6, 6.07) is 0. The monoisotopic (exact) mass is 220 g/mol. The summed E-state index contributed by atoms with van der Waals surface area (Å²) in [5, 5.41) is 14.4. The number of anilines is 1. The largest absolute Gasteiger partial charge is 0.367 e. The lowest BCUT2D eigenvalue weighted by Gasteiger charge is -2.06. The van der Waals surface area contributed by atoms with Crippen LogP contribution in [-0.2, 0) is 0 Å². The van der Waals surface area contributed by atoms with E-state index in [1.54, 1.807) is 12.5 Å². The standard InChI is InChI=1S/C10H16N6/c1-2-11-4-3-5-12-9-10-15-14-8-16(10)7-6-13-9/h6-8,11H,2-5H2,1H3,(H,12,13). The van der Waals surface area contributed by atoms with Crippen LogP contribution >= 0.6 is 0 Å². The predicted octanol–water partition coefficient (Wildman–Crippen LogP) is 0.536. The maximum Gasteiger partial charge on any atom is 0.203 e. The highest BCUT2D eigenvalue weighted by molar-refractivity contribution is 5.61. The zero-order chi connectivity index (χ0) is 11.2. The molecule has 2 aromatic rings. The number of nitrogens with one attached hydrogen (secondary N) is 2. The van der Waals surface area contributed by atoms with Gasteiger partial charge in [-0.15, -0.1) is 10.2 Å². The van der Waals surface area contributed by atoms with Gasteiger partial charge in [0.25, 0.3) is 0 Å². The molecule has 0 saturated carbocycles. The molecule has 86 valence electrons. The van der Waals surface area contributed by atoms with Gasteiger partial charge in [0, 0.05) is 18.9 Å². The molecule has 2 rings (SSSR count). The van der Waals surface area contributed by atoms with Crippen LogP contribution in [0.1, 0.15) is 13.3 Å². The van der Waals surface area contributed by atoms with Gasteiger partial charge in [-0.05, 0) is 19.5 Å². The molecule has 2 aromatic heterocycles. The highest BCUT2D eigenvalue weighted by atomic mass is 15.2. The van der Waals surface area contributed by atoms with Crippen molar-refractivity contribution < 1.29 is 0 Å². The van der Waals surface area contributed by atoms with Crippen LogP contribution < -0.4 is 10.6 Å². The Kier molecular flexibility index (Phi) is 3.66. The van der Waals surface area contributed by atoms with E-state index in [2.05, 4.69) is 32.7 Å². The van der Waals surface area contributed by atoms with Crippen molar-refractivity contribution in [3.63, 3.8) is 0 Å². The Hall–Kier alpha value is -1.69. The Morgan fingerprint density at radius 1 is 1.38 bits per heavy atom. The Balaban J connectivity index is 1.91. The lowest BCUT2D eigenvalue weighted by Crippen LogP contribution is -2.17. The highest BCUT2D eigenvalue weighted by Gasteiger charge is 2.02. The lowest BCUT2D eigenvalue weighted by atomic mass is 10.4. The summed E-state index contributed by atoms with van der Waals surface area (Å²) in [6.45, 7) is 5.01. The molecular formula is C10H16N6. The minimum atomic E-state index is 0.769. The van der Waals surface area contributed by atoms with Crippen molar-refractivity contribution in [2.75, 3.05) is 25.0 Å². The van der Waals surface area contributed by atoms with E-state index >= 15 is 0 Å². The number of fused-ring (bicyclic) bond motifs is 1. The third-order valence-corrected chi connectivity index (χ3v) is 2.29. The maximum absolute atomic E-state index is 4.24. The minimum Gasteiger partial charge on any atom is -0.367 e. The zero-order valence-corrected chi connectivity index (χ0v) is 9.35. The molecule has 0 aromatic carbocycles. The minimum absolute atomic E-state index is 0.769. The molecule has 0 unspecified atom stereocenters. The van der Waals surface area contributed by atoms with Gasteiger partial charge in [-0.25, -0.2) is 4.98 Å². The first-order valence-corrected chi connectivity index (χ1v) is 5.50. The van der Waals surface area contributed by atoms with Crippen molar-refractivity contribution in [3.05, 3.63) is 18.7 Å². The van der Waals surface area contributed by atoms with Crippen LogP contribution in [0.5, 0.6) is 0 Å². The maximum atomic E-state index is 4.24. The van der Waals surface area contributed by atoms with Crippen molar-refractivity contribution in [1.82, 2.24) is 24.9 Å². The van der Waals surface area contributed by atoms with Crippen LogP contribution in [0.2, 0.25) is 0 Å². The second-order valence-electron chi connectivity index (χ2n) is 3.47. The molecule has 0 spiro atoms. The summed E-state index contributed by atoms with van der Waals surface area (Å²) < 4.78 is 1.85. The third kappa shape index (κ3) is 2.46. The van der Waals surface area contributed by atoms with Gasteiger partial charge in [0.1, 0.15) is 6.33 Å². The van der Waals surface area contributed by atoms with Crippen LogP contribution in [0.3, 0.4) is 0 Å². The van der Waals surface area contributed by atoms with Crippen LogP contribution in [-0.4, -0.2) is 39.2 Å². The first kappa shape index (κ1) is 10.8. The second-order valence-corrected chi connectivity index (χ2v) is 3.47. The first-order valence-electron chi connectivity index (χ1n) is 5.50. The van der Waals surface area contributed by atoms with Crippen molar-refractivity contribution in [1.29, 1.82) is 0 Å². The summed E-state index contributed by atoms with van der Waals surface area (Å²) >= 11 is 0. The highest BCUT2D eigenvalue weighted by Crippen LogP contribution is 2.08. The van der Waals surface area contributed by atoms with Crippen molar-refractivity contribution in [3.8, 4) is 0 Å². The number of hydrogen-bond donors (Lipinski definition) is 2. The number of nitrogens with zero attached hydrogens (tertiary/aromatic N) is 4. The topological polar surface area (TPSA) is 67.1 Å². The average Bonchev–Trinajstić information content (AvgIpc) is 2.77. The fraction of sp³-hybridized carbons (Fsp3) is 0.500. The quantitative estimate of drug-likeness (QED) is 0.695. The van der Waals surface area contributed by atoms with E-state index in [9.17, 15) is 0 Å². The molecule has 0 aliphatic rings. The van der Waals surface area contributed by atoms with Crippen molar-refractivity contribution >= 4 is 11.5 Å². The van der Waals surface area contributed by atoms with E-state index < -0.39 is 0 Å². The fourth-order valence-electron chi connectivity index (χ4n) is 1.48. The van der Waals surface area contributed by atoms with Crippen LogP contribution in [0.15, 0.2) is 18.7 Å². The van der Waals surface area contributed by atoms with Crippen LogP contribution in [0.25, 0.3) is 5.65 Å².